The van der Waals surface area contributed by atoms with Gasteiger partial charge in [-0.1, -0.05) is 127 Å². The van der Waals surface area contributed by atoms with Gasteiger partial charge in [-0.15, -0.1) is 0 Å². The number of aromatic nitrogens is 1. The van der Waals surface area contributed by atoms with E-state index in [-0.39, 0.29) is 5.91 Å². The van der Waals surface area contributed by atoms with Crippen LogP contribution in [0.4, 0.5) is 5.69 Å². The molecule has 1 aromatic heterocycles. The predicted molar refractivity (Wildman–Crippen MR) is 195 cm³/mol. The summed E-state index contributed by atoms with van der Waals surface area (Å²) in [6.45, 7) is 0. The minimum Gasteiger partial charge on any atom is -0.369 e. The Bertz CT molecular complexity index is 2480. The smallest absolute Gasteiger partial charge is 0.261 e. The fraction of sp³-hybridized carbons (Fsp3) is 0.0227. The number of anilines is 1. The van der Waals surface area contributed by atoms with Gasteiger partial charge in [-0.2, -0.15) is 0 Å². The van der Waals surface area contributed by atoms with Crippen LogP contribution in [0.25, 0.3) is 60.9 Å². The van der Waals surface area contributed by atoms with E-state index >= 15 is 0 Å². The van der Waals surface area contributed by atoms with Crippen LogP contribution in [0.15, 0.2) is 170 Å². The van der Waals surface area contributed by atoms with E-state index in [2.05, 4.69) is 83.4 Å². The number of fused-ring (bicyclic) bond motifs is 4. The van der Waals surface area contributed by atoms with Gasteiger partial charge in [0.15, 0.2) is 6.23 Å². The summed E-state index contributed by atoms with van der Waals surface area (Å²) in [5, 5.41) is 14.5. The molecular formula is C44H30N2O2. The Balaban J connectivity index is 1.22. The molecule has 1 N–H and O–H groups in total. The van der Waals surface area contributed by atoms with E-state index < -0.39 is 6.23 Å². The zero-order valence-electron chi connectivity index (χ0n) is 26.0. The lowest BCUT2D eigenvalue weighted by atomic mass is 9.96. The van der Waals surface area contributed by atoms with Crippen molar-refractivity contribution in [2.75, 3.05) is 4.90 Å². The first-order chi connectivity index (χ1) is 23.7. The molecule has 0 spiro atoms. The van der Waals surface area contributed by atoms with E-state index in [1.165, 1.54) is 0 Å². The van der Waals surface area contributed by atoms with Crippen molar-refractivity contribution in [3.8, 4) is 39.1 Å². The van der Waals surface area contributed by atoms with Gasteiger partial charge in [0.2, 0.25) is 0 Å². The van der Waals surface area contributed by atoms with Crippen molar-refractivity contribution in [2.24, 2.45) is 0 Å². The lowest BCUT2D eigenvalue weighted by Crippen LogP contribution is -2.28. The molecule has 4 heteroatoms. The molecule has 0 saturated heterocycles. The highest BCUT2D eigenvalue weighted by atomic mass is 16.3. The Morgan fingerprint density at radius 1 is 0.438 bits per heavy atom. The minimum absolute atomic E-state index is 0.226. The molecule has 1 aliphatic heterocycles. The second kappa shape index (κ2) is 11.2. The van der Waals surface area contributed by atoms with E-state index in [1.807, 2.05) is 91.0 Å². The normalized spacial score (nSPS) is 14.1. The summed E-state index contributed by atoms with van der Waals surface area (Å²) in [4.78, 5) is 15.9. The molecule has 9 rings (SSSR count). The second-order valence-electron chi connectivity index (χ2n) is 12.2. The Morgan fingerprint density at radius 3 is 1.73 bits per heavy atom. The number of aliphatic hydroxyl groups is 1. The standard InChI is InChI=1S/C44H30N2O2/c47-43-35-20-12-22-41(45-38-21-11-10-19-34(38)37-28-33(24-26-40(37)45)30-15-6-2-7-16-30)42(35)44(48)46(43)39-25-23-32(29-13-4-1-5-14-29)27-36(39)31-17-8-3-9-18-31/h1-28,44,48H. The van der Waals surface area contributed by atoms with E-state index in [0.717, 1.165) is 60.9 Å². The predicted octanol–water partition coefficient (Wildman–Crippen LogP) is 10.4. The summed E-state index contributed by atoms with van der Waals surface area (Å²) in [5.74, 6) is -0.226. The molecule has 2 heterocycles. The molecule has 1 amide bonds. The number of para-hydroxylation sites is 1. The third kappa shape index (κ3) is 4.38. The molecule has 4 nitrogen and oxygen atoms in total. The highest BCUT2D eigenvalue weighted by Crippen LogP contribution is 2.45. The van der Waals surface area contributed by atoms with Crippen LogP contribution in [0, 0.1) is 0 Å². The molecule has 1 aliphatic rings. The van der Waals surface area contributed by atoms with Crippen LogP contribution in [0.1, 0.15) is 22.1 Å². The molecule has 0 aliphatic carbocycles. The van der Waals surface area contributed by atoms with Crippen LogP contribution in [-0.4, -0.2) is 15.6 Å². The van der Waals surface area contributed by atoms with Crippen LogP contribution in [-0.2, 0) is 0 Å². The number of benzene rings is 7. The van der Waals surface area contributed by atoms with Crippen molar-refractivity contribution >= 4 is 33.4 Å². The van der Waals surface area contributed by atoms with Gasteiger partial charge in [0.25, 0.3) is 5.91 Å². The van der Waals surface area contributed by atoms with E-state index in [1.54, 1.807) is 4.90 Å². The fourth-order valence-electron chi connectivity index (χ4n) is 7.26. The lowest BCUT2D eigenvalue weighted by molar-refractivity contribution is 0.0935. The number of carbonyl (C=O) groups excluding carboxylic acids is 1. The zero-order valence-corrected chi connectivity index (χ0v) is 26.0. The maximum absolute atomic E-state index is 14.4. The van der Waals surface area contributed by atoms with Gasteiger partial charge in [0, 0.05) is 27.5 Å². The summed E-state index contributed by atoms with van der Waals surface area (Å²) in [5.41, 5.74) is 10.8. The number of hydrogen-bond donors (Lipinski definition) is 1. The maximum Gasteiger partial charge on any atom is 0.261 e. The molecule has 7 aromatic carbocycles. The zero-order chi connectivity index (χ0) is 32.2. The SMILES string of the molecule is O=C1c2cccc(-n3c4ccccc4c4cc(-c5ccccc5)ccc43)c2C(O)N1c1ccc(-c2ccccc2)cc1-c1ccccc1. The average Bonchev–Trinajstić information content (AvgIpc) is 3.62. The number of hydrogen-bond acceptors (Lipinski definition) is 2. The molecule has 1 unspecified atom stereocenters. The average molecular weight is 619 g/mol. The van der Waals surface area contributed by atoms with Crippen molar-refractivity contribution in [2.45, 2.75) is 6.23 Å². The summed E-state index contributed by atoms with van der Waals surface area (Å²) in [6, 6.07) is 57.4. The number of nitrogens with zero attached hydrogens (tertiary/aromatic N) is 2. The summed E-state index contributed by atoms with van der Waals surface area (Å²) in [6.07, 6.45) is -1.19. The van der Waals surface area contributed by atoms with Crippen molar-refractivity contribution in [1.29, 1.82) is 0 Å². The number of rotatable bonds is 5. The topological polar surface area (TPSA) is 45.5 Å². The molecule has 0 saturated carbocycles. The monoisotopic (exact) mass is 618 g/mol. The largest absolute Gasteiger partial charge is 0.369 e. The quantitative estimate of drug-likeness (QED) is 0.209. The third-order valence-electron chi connectivity index (χ3n) is 9.50. The summed E-state index contributed by atoms with van der Waals surface area (Å²) in [7, 11) is 0. The molecule has 1 atom stereocenters. The minimum atomic E-state index is -1.19. The number of aliphatic hydroxyl groups excluding tert-OH is 1. The first kappa shape index (κ1) is 28.0. The first-order valence-electron chi connectivity index (χ1n) is 16.2. The van der Waals surface area contributed by atoms with Crippen molar-refractivity contribution < 1.29 is 9.90 Å². The molecule has 228 valence electrons. The molecule has 0 radical (unpaired) electrons. The Hall–Kier alpha value is -6.23. The van der Waals surface area contributed by atoms with Gasteiger partial charge in [0.05, 0.1) is 22.4 Å². The lowest BCUT2D eigenvalue weighted by Gasteiger charge is -2.25. The second-order valence-corrected chi connectivity index (χ2v) is 12.2. The Labute approximate surface area is 278 Å². The van der Waals surface area contributed by atoms with Crippen LogP contribution in [0.3, 0.4) is 0 Å². The van der Waals surface area contributed by atoms with Gasteiger partial charge in [0.1, 0.15) is 0 Å². The van der Waals surface area contributed by atoms with Gasteiger partial charge < -0.3 is 9.67 Å². The first-order valence-corrected chi connectivity index (χ1v) is 16.2. The highest BCUT2D eigenvalue weighted by Gasteiger charge is 2.40. The molecular weight excluding hydrogens is 588 g/mol. The Kier molecular flexibility index (Phi) is 6.56. The van der Waals surface area contributed by atoms with Crippen LogP contribution in [0.5, 0.6) is 0 Å². The molecule has 0 fully saturated rings. The van der Waals surface area contributed by atoms with Gasteiger partial charge in [-0.25, -0.2) is 0 Å². The van der Waals surface area contributed by atoms with Crippen LogP contribution >= 0.6 is 0 Å². The van der Waals surface area contributed by atoms with Gasteiger partial charge >= 0.3 is 0 Å². The van der Waals surface area contributed by atoms with Gasteiger partial charge in [-0.3, -0.25) is 9.69 Å². The molecule has 8 aromatic rings. The van der Waals surface area contributed by atoms with Crippen LogP contribution < -0.4 is 4.90 Å². The molecule has 48 heavy (non-hydrogen) atoms. The van der Waals surface area contributed by atoms with Crippen molar-refractivity contribution in [3.63, 3.8) is 0 Å². The Morgan fingerprint density at radius 2 is 1.02 bits per heavy atom. The van der Waals surface area contributed by atoms with E-state index in [4.69, 9.17) is 0 Å². The fourth-order valence-corrected chi connectivity index (χ4v) is 7.26. The van der Waals surface area contributed by atoms with E-state index in [0.29, 0.717) is 16.8 Å². The number of carbonyl (C=O) groups is 1. The van der Waals surface area contributed by atoms with Crippen LogP contribution in [0.2, 0.25) is 0 Å². The highest BCUT2D eigenvalue weighted by molar-refractivity contribution is 6.15. The summed E-state index contributed by atoms with van der Waals surface area (Å²) >= 11 is 0. The van der Waals surface area contributed by atoms with Gasteiger partial charge in [-0.05, 0) is 70.3 Å². The maximum atomic E-state index is 14.4. The summed E-state index contributed by atoms with van der Waals surface area (Å²) < 4.78 is 2.19. The van der Waals surface area contributed by atoms with E-state index in [9.17, 15) is 9.90 Å². The van der Waals surface area contributed by atoms with Crippen molar-refractivity contribution in [1.82, 2.24) is 4.57 Å². The third-order valence-corrected chi connectivity index (χ3v) is 9.50. The van der Waals surface area contributed by atoms with Crippen molar-refractivity contribution in [3.05, 3.63) is 181 Å². The number of amides is 1. The molecule has 0 bridgehead atoms.